The molecule has 0 spiro atoms. The first-order valence-corrected chi connectivity index (χ1v) is 11.8. The number of nitrogens with one attached hydrogen (secondary N) is 1. The summed E-state index contributed by atoms with van der Waals surface area (Å²) in [5.74, 6) is 0.0786. The van der Waals surface area contributed by atoms with E-state index in [0.29, 0.717) is 21.4 Å². The van der Waals surface area contributed by atoms with Crippen LogP contribution in [-0.2, 0) is 11.4 Å². The number of carbonyl (C=O) groups excluding carboxylic acids is 1. The summed E-state index contributed by atoms with van der Waals surface area (Å²) in [6.45, 7) is 2.08. The standard InChI is InChI=1S/C29H22Cl2N2O2/c1-19(20-7-3-2-4-8-20)33-29(34)23(17-32)15-26-25-10-6-5-9-21(25)12-14-28(26)35-18-22-11-13-24(30)16-27(22)31/h2-16,19H,18H2,1H3,(H,33,34)/b23-15-/t19-/m1/s1. The maximum atomic E-state index is 13.0. The van der Waals surface area contributed by atoms with Crippen molar-refractivity contribution in [3.8, 4) is 11.8 Å². The molecule has 0 saturated carbocycles. The molecule has 0 bridgehead atoms. The maximum absolute atomic E-state index is 13.0. The molecule has 0 heterocycles. The number of nitriles is 1. The van der Waals surface area contributed by atoms with Crippen LogP contribution in [0.15, 0.2) is 90.5 Å². The number of ether oxygens (including phenoxy) is 1. The Morgan fingerprint density at radius 3 is 2.51 bits per heavy atom. The van der Waals surface area contributed by atoms with Gasteiger partial charge in [0.05, 0.1) is 6.04 Å². The van der Waals surface area contributed by atoms with Crippen LogP contribution in [0.4, 0.5) is 0 Å². The summed E-state index contributed by atoms with van der Waals surface area (Å²) >= 11 is 12.3. The molecular formula is C29H22Cl2N2O2. The lowest BCUT2D eigenvalue weighted by Crippen LogP contribution is -2.27. The Kier molecular flexibility index (Phi) is 7.72. The summed E-state index contributed by atoms with van der Waals surface area (Å²) in [6, 6.07) is 28.1. The Morgan fingerprint density at radius 1 is 1.03 bits per heavy atom. The van der Waals surface area contributed by atoms with Crippen molar-refractivity contribution in [3.05, 3.63) is 117 Å². The molecule has 35 heavy (non-hydrogen) atoms. The average molecular weight is 501 g/mol. The number of rotatable bonds is 7. The van der Waals surface area contributed by atoms with Crippen molar-refractivity contribution in [3.63, 3.8) is 0 Å². The quantitative estimate of drug-likeness (QED) is 0.211. The molecule has 174 valence electrons. The summed E-state index contributed by atoms with van der Waals surface area (Å²) < 4.78 is 6.11. The van der Waals surface area contributed by atoms with E-state index in [1.807, 2.05) is 79.7 Å². The summed E-state index contributed by atoms with van der Waals surface area (Å²) in [6.07, 6.45) is 1.58. The van der Waals surface area contributed by atoms with Crippen molar-refractivity contribution in [2.45, 2.75) is 19.6 Å². The minimum atomic E-state index is -0.455. The van der Waals surface area contributed by atoms with Crippen LogP contribution in [0.2, 0.25) is 10.0 Å². The van der Waals surface area contributed by atoms with Gasteiger partial charge in [-0.05, 0) is 47.5 Å². The third kappa shape index (κ3) is 5.84. The molecule has 1 amide bonds. The molecule has 0 aliphatic rings. The van der Waals surface area contributed by atoms with Crippen LogP contribution in [0.1, 0.15) is 29.7 Å². The molecule has 1 atom stereocenters. The zero-order chi connectivity index (χ0) is 24.8. The van der Waals surface area contributed by atoms with Crippen molar-refractivity contribution in [2.75, 3.05) is 0 Å². The van der Waals surface area contributed by atoms with Gasteiger partial charge in [-0.1, -0.05) is 89.9 Å². The van der Waals surface area contributed by atoms with Gasteiger partial charge in [-0.3, -0.25) is 4.79 Å². The fourth-order valence-corrected chi connectivity index (χ4v) is 4.20. The zero-order valence-corrected chi connectivity index (χ0v) is 20.5. The predicted octanol–water partition coefficient (Wildman–Crippen LogP) is 7.51. The van der Waals surface area contributed by atoms with Crippen LogP contribution in [0.3, 0.4) is 0 Å². The van der Waals surface area contributed by atoms with Gasteiger partial charge < -0.3 is 10.1 Å². The van der Waals surface area contributed by atoms with Crippen LogP contribution >= 0.6 is 23.2 Å². The minimum Gasteiger partial charge on any atom is -0.488 e. The van der Waals surface area contributed by atoms with Gasteiger partial charge in [0.25, 0.3) is 5.91 Å². The monoisotopic (exact) mass is 500 g/mol. The molecule has 4 rings (SSSR count). The van der Waals surface area contributed by atoms with E-state index in [0.717, 1.165) is 21.9 Å². The first-order chi connectivity index (χ1) is 17.0. The van der Waals surface area contributed by atoms with Gasteiger partial charge in [0.2, 0.25) is 0 Å². The lowest BCUT2D eigenvalue weighted by Gasteiger charge is -2.15. The van der Waals surface area contributed by atoms with Crippen LogP contribution in [0.25, 0.3) is 16.8 Å². The molecule has 0 radical (unpaired) electrons. The SMILES string of the molecule is C[C@@H](NC(=O)/C(C#N)=C\c1c(OCc2ccc(Cl)cc2Cl)ccc2ccccc12)c1ccccc1. The second kappa shape index (κ2) is 11.1. The third-order valence-corrected chi connectivity index (χ3v) is 6.22. The Bertz CT molecular complexity index is 1440. The Labute approximate surface area is 214 Å². The summed E-state index contributed by atoms with van der Waals surface area (Å²) in [5.41, 5.74) is 2.35. The number of amides is 1. The van der Waals surface area contributed by atoms with Crippen LogP contribution in [-0.4, -0.2) is 5.91 Å². The first kappa shape index (κ1) is 24.3. The van der Waals surface area contributed by atoms with E-state index < -0.39 is 5.91 Å². The van der Waals surface area contributed by atoms with E-state index in [9.17, 15) is 10.1 Å². The van der Waals surface area contributed by atoms with Gasteiger partial charge in [-0.25, -0.2) is 0 Å². The molecular weight excluding hydrogens is 479 g/mol. The summed E-state index contributed by atoms with van der Waals surface area (Å²) in [7, 11) is 0. The van der Waals surface area contributed by atoms with Gasteiger partial charge in [0.1, 0.15) is 24.0 Å². The fraction of sp³-hybridized carbons (Fsp3) is 0.103. The first-order valence-electron chi connectivity index (χ1n) is 11.0. The average Bonchev–Trinajstić information content (AvgIpc) is 2.87. The van der Waals surface area contributed by atoms with Crippen LogP contribution in [0, 0.1) is 11.3 Å². The Morgan fingerprint density at radius 2 is 1.77 bits per heavy atom. The van der Waals surface area contributed by atoms with Gasteiger partial charge in [0.15, 0.2) is 0 Å². The summed E-state index contributed by atoms with van der Waals surface area (Å²) in [5, 5.41) is 15.6. The van der Waals surface area contributed by atoms with Gasteiger partial charge >= 0.3 is 0 Å². The molecule has 0 fully saturated rings. The van der Waals surface area contributed by atoms with Gasteiger partial charge in [-0.15, -0.1) is 0 Å². The minimum absolute atomic E-state index is 0.0153. The van der Waals surface area contributed by atoms with Crippen molar-refractivity contribution in [1.29, 1.82) is 5.26 Å². The van der Waals surface area contributed by atoms with E-state index in [1.54, 1.807) is 24.3 Å². The molecule has 4 aromatic carbocycles. The molecule has 0 unspecified atom stereocenters. The number of fused-ring (bicyclic) bond motifs is 1. The van der Waals surface area contributed by atoms with E-state index in [-0.39, 0.29) is 18.2 Å². The van der Waals surface area contributed by atoms with E-state index in [2.05, 4.69) is 5.32 Å². The summed E-state index contributed by atoms with van der Waals surface area (Å²) in [4.78, 5) is 13.0. The topological polar surface area (TPSA) is 62.1 Å². The van der Waals surface area contributed by atoms with Crippen molar-refractivity contribution in [2.24, 2.45) is 0 Å². The second-order valence-electron chi connectivity index (χ2n) is 8.00. The lowest BCUT2D eigenvalue weighted by molar-refractivity contribution is -0.117. The van der Waals surface area contributed by atoms with Crippen molar-refractivity contribution in [1.82, 2.24) is 5.32 Å². The molecule has 0 saturated heterocycles. The molecule has 0 aliphatic carbocycles. The molecule has 6 heteroatoms. The van der Waals surface area contributed by atoms with Crippen molar-refractivity contribution < 1.29 is 9.53 Å². The predicted molar refractivity (Wildman–Crippen MR) is 141 cm³/mol. The number of benzene rings is 4. The lowest BCUT2D eigenvalue weighted by atomic mass is 10.0. The highest BCUT2D eigenvalue weighted by molar-refractivity contribution is 6.35. The smallest absolute Gasteiger partial charge is 0.262 e. The Hall–Kier alpha value is -3.78. The van der Waals surface area contributed by atoms with E-state index in [1.165, 1.54) is 0 Å². The number of nitrogens with zero attached hydrogens (tertiary/aromatic N) is 1. The largest absolute Gasteiger partial charge is 0.488 e. The Balaban J connectivity index is 1.67. The fourth-order valence-electron chi connectivity index (χ4n) is 3.74. The van der Waals surface area contributed by atoms with E-state index >= 15 is 0 Å². The molecule has 1 N–H and O–H groups in total. The molecule has 0 aliphatic heterocycles. The maximum Gasteiger partial charge on any atom is 0.262 e. The highest BCUT2D eigenvalue weighted by Gasteiger charge is 2.16. The van der Waals surface area contributed by atoms with Gasteiger partial charge in [0, 0.05) is 21.2 Å². The van der Waals surface area contributed by atoms with Crippen LogP contribution in [0.5, 0.6) is 5.75 Å². The number of hydrogen-bond donors (Lipinski definition) is 1. The number of hydrogen-bond acceptors (Lipinski definition) is 3. The highest BCUT2D eigenvalue weighted by Crippen LogP contribution is 2.32. The highest BCUT2D eigenvalue weighted by atomic mass is 35.5. The van der Waals surface area contributed by atoms with E-state index in [4.69, 9.17) is 27.9 Å². The van der Waals surface area contributed by atoms with Gasteiger partial charge in [-0.2, -0.15) is 5.26 Å². The number of carbonyl (C=O) groups is 1. The third-order valence-electron chi connectivity index (χ3n) is 5.63. The number of halogens is 2. The second-order valence-corrected chi connectivity index (χ2v) is 8.84. The molecule has 0 aromatic heterocycles. The molecule has 4 aromatic rings. The van der Waals surface area contributed by atoms with Crippen LogP contribution < -0.4 is 10.1 Å². The molecule has 4 nitrogen and oxygen atoms in total. The van der Waals surface area contributed by atoms with Crippen molar-refractivity contribution >= 4 is 46.0 Å². The zero-order valence-electron chi connectivity index (χ0n) is 19.0. The normalized spacial score (nSPS) is 12.1.